The molecule has 7 nitrogen and oxygen atoms in total. The zero-order valence-corrected chi connectivity index (χ0v) is 20.3. The minimum absolute atomic E-state index is 0.00894. The molecule has 3 aromatic rings. The molecule has 2 aromatic carbocycles. The van der Waals surface area contributed by atoms with Crippen molar-refractivity contribution in [2.75, 3.05) is 13.1 Å². The monoisotopic (exact) mass is 477 g/mol. The van der Waals surface area contributed by atoms with Crippen LogP contribution in [0, 0.1) is 5.92 Å². The van der Waals surface area contributed by atoms with Crippen LogP contribution in [0.25, 0.3) is 22.2 Å². The standard InChI is InChI=1S/C29H29N6O/c1-20(36)34-14-11-21(12-15-34)17-27-28-19-31-13-16-35(28,30)29(33-27)24-8-7-23-9-10-25(32-26(23)18-24)22-5-3-2-4-6-22/h2-10,13,16,18-19,21H,11-12,14-15,17,30H2,1H3/q+1. The maximum Gasteiger partial charge on any atom is 0.264 e. The van der Waals surface area contributed by atoms with Gasteiger partial charge in [-0.25, -0.2) is 4.98 Å². The summed E-state index contributed by atoms with van der Waals surface area (Å²) >= 11 is 0. The summed E-state index contributed by atoms with van der Waals surface area (Å²) in [7, 11) is 0. The molecule has 180 valence electrons. The van der Waals surface area contributed by atoms with E-state index in [0.717, 1.165) is 77.3 Å². The van der Waals surface area contributed by atoms with Crippen LogP contribution in [0.5, 0.6) is 0 Å². The Morgan fingerprint density at radius 2 is 1.83 bits per heavy atom. The Morgan fingerprint density at radius 3 is 2.61 bits per heavy atom. The number of amidine groups is 1. The second kappa shape index (κ2) is 8.93. The SMILES string of the molecule is CC(=O)N1CCC(CC2=C3C=NC=C[N+]3(N)C(c3ccc4ccc(-c5ccccc5)nc4c3)=N2)CC1. The van der Waals surface area contributed by atoms with Crippen molar-refractivity contribution in [2.24, 2.45) is 21.7 Å². The molecule has 3 aliphatic heterocycles. The molecule has 1 aromatic heterocycles. The first-order valence-corrected chi connectivity index (χ1v) is 12.4. The van der Waals surface area contributed by atoms with E-state index in [2.05, 4.69) is 47.5 Å². The van der Waals surface area contributed by atoms with E-state index in [1.165, 1.54) is 0 Å². The van der Waals surface area contributed by atoms with Crippen molar-refractivity contribution >= 4 is 28.9 Å². The van der Waals surface area contributed by atoms with Crippen molar-refractivity contribution in [1.29, 1.82) is 0 Å². The minimum atomic E-state index is 0.00894. The molecule has 7 heteroatoms. The minimum Gasteiger partial charge on any atom is -0.343 e. The molecule has 1 saturated heterocycles. The van der Waals surface area contributed by atoms with Crippen LogP contribution in [0.3, 0.4) is 0 Å². The summed E-state index contributed by atoms with van der Waals surface area (Å²) in [5, 5.41) is 1.07. The largest absolute Gasteiger partial charge is 0.343 e. The number of hydrogen-bond donors (Lipinski definition) is 1. The fourth-order valence-electron chi connectivity index (χ4n) is 5.35. The molecule has 4 heterocycles. The maximum atomic E-state index is 11.7. The highest BCUT2D eigenvalue weighted by atomic mass is 16.2. The summed E-state index contributed by atoms with van der Waals surface area (Å²) < 4.78 is 0.00894. The number of pyridine rings is 1. The van der Waals surface area contributed by atoms with E-state index in [4.69, 9.17) is 15.8 Å². The van der Waals surface area contributed by atoms with Crippen LogP contribution >= 0.6 is 0 Å². The Balaban J connectivity index is 1.33. The molecular formula is C29H29N6O+. The molecular weight excluding hydrogens is 448 g/mol. The molecule has 0 spiro atoms. The fourth-order valence-corrected chi connectivity index (χ4v) is 5.35. The number of fused-ring (bicyclic) bond motifs is 2. The molecule has 0 radical (unpaired) electrons. The van der Waals surface area contributed by atoms with Crippen molar-refractivity contribution in [2.45, 2.75) is 26.2 Å². The highest BCUT2D eigenvalue weighted by Crippen LogP contribution is 2.36. The lowest BCUT2D eigenvalue weighted by Gasteiger charge is -2.31. The van der Waals surface area contributed by atoms with Crippen LogP contribution in [-0.4, -0.2) is 45.5 Å². The predicted molar refractivity (Wildman–Crippen MR) is 142 cm³/mol. The first kappa shape index (κ1) is 22.5. The molecule has 1 atom stereocenters. The number of benzene rings is 2. The van der Waals surface area contributed by atoms with Crippen molar-refractivity contribution < 1.29 is 9.39 Å². The summed E-state index contributed by atoms with van der Waals surface area (Å²) in [6.45, 7) is 3.25. The zero-order valence-electron chi connectivity index (χ0n) is 20.3. The maximum absolute atomic E-state index is 11.7. The fraction of sp³-hybridized carbons (Fsp3) is 0.241. The molecule has 1 fully saturated rings. The molecule has 3 aliphatic rings. The molecule has 36 heavy (non-hydrogen) atoms. The van der Waals surface area contributed by atoms with Crippen LogP contribution in [0.15, 0.2) is 94.4 Å². The van der Waals surface area contributed by atoms with Crippen molar-refractivity contribution in [3.05, 3.63) is 90.0 Å². The first-order chi connectivity index (χ1) is 17.5. The summed E-state index contributed by atoms with van der Waals surface area (Å²) in [6, 6.07) is 20.6. The Morgan fingerprint density at radius 1 is 1.06 bits per heavy atom. The van der Waals surface area contributed by atoms with E-state index in [-0.39, 0.29) is 10.5 Å². The van der Waals surface area contributed by atoms with Gasteiger partial charge in [0, 0.05) is 31.0 Å². The summed E-state index contributed by atoms with van der Waals surface area (Å²) in [6.07, 6.45) is 8.23. The van der Waals surface area contributed by atoms with E-state index in [9.17, 15) is 4.79 Å². The van der Waals surface area contributed by atoms with Gasteiger partial charge >= 0.3 is 0 Å². The summed E-state index contributed by atoms with van der Waals surface area (Å²) in [5.41, 5.74) is 5.76. The number of piperidine rings is 1. The van der Waals surface area contributed by atoms with Crippen LogP contribution in [0.2, 0.25) is 0 Å². The lowest BCUT2D eigenvalue weighted by atomic mass is 9.91. The van der Waals surface area contributed by atoms with Gasteiger partial charge in [0.2, 0.25) is 11.6 Å². The smallest absolute Gasteiger partial charge is 0.264 e. The third-order valence-corrected chi connectivity index (χ3v) is 7.43. The van der Waals surface area contributed by atoms with E-state index in [1.807, 2.05) is 35.5 Å². The van der Waals surface area contributed by atoms with Gasteiger partial charge in [-0.05, 0) is 43.4 Å². The number of aliphatic imine (C=N–C) groups is 2. The number of allylic oxidation sites excluding steroid dienone is 2. The Bertz CT molecular complexity index is 1460. The van der Waals surface area contributed by atoms with Crippen molar-refractivity contribution in [1.82, 2.24) is 9.88 Å². The number of hydrogen-bond acceptors (Lipinski definition) is 5. The van der Waals surface area contributed by atoms with Gasteiger partial charge in [-0.3, -0.25) is 9.79 Å². The first-order valence-electron chi connectivity index (χ1n) is 12.4. The highest BCUT2D eigenvalue weighted by molar-refractivity contribution is 6.02. The molecule has 6 rings (SSSR count). The number of nitrogens with two attached hydrogens (primary N) is 1. The number of carbonyl (C=O) groups excluding carboxylic acids is 1. The van der Waals surface area contributed by atoms with Crippen LogP contribution in [0.1, 0.15) is 31.7 Å². The second-order valence-electron chi connectivity index (χ2n) is 9.74. The molecule has 2 N–H and O–H groups in total. The Hall–Kier alpha value is -3.94. The topological polar surface area (TPSA) is 83.9 Å². The van der Waals surface area contributed by atoms with Gasteiger partial charge in [0.1, 0.15) is 11.9 Å². The normalized spacial score (nSPS) is 21.7. The highest BCUT2D eigenvalue weighted by Gasteiger charge is 2.44. The quantitative estimate of drug-likeness (QED) is 0.434. The van der Waals surface area contributed by atoms with Gasteiger partial charge in [0.05, 0.1) is 29.2 Å². The number of quaternary nitrogens is 1. The molecule has 0 saturated carbocycles. The molecule has 1 amide bonds. The van der Waals surface area contributed by atoms with Crippen LogP contribution < -0.4 is 5.84 Å². The molecule has 1 unspecified atom stereocenters. The van der Waals surface area contributed by atoms with Gasteiger partial charge in [0.15, 0.2) is 0 Å². The average molecular weight is 478 g/mol. The van der Waals surface area contributed by atoms with Crippen LogP contribution in [-0.2, 0) is 4.79 Å². The third kappa shape index (κ3) is 3.96. The van der Waals surface area contributed by atoms with E-state index in [0.29, 0.717) is 5.92 Å². The lowest BCUT2D eigenvalue weighted by Crippen LogP contribution is -2.53. The van der Waals surface area contributed by atoms with Crippen molar-refractivity contribution in [3.63, 3.8) is 0 Å². The van der Waals surface area contributed by atoms with Gasteiger partial charge in [-0.15, -0.1) is 4.59 Å². The van der Waals surface area contributed by atoms with E-state index < -0.39 is 0 Å². The second-order valence-corrected chi connectivity index (χ2v) is 9.74. The van der Waals surface area contributed by atoms with E-state index >= 15 is 0 Å². The number of nitrogens with zero attached hydrogens (tertiary/aromatic N) is 5. The van der Waals surface area contributed by atoms with Gasteiger partial charge < -0.3 is 4.90 Å². The van der Waals surface area contributed by atoms with Crippen molar-refractivity contribution in [3.8, 4) is 11.3 Å². The zero-order chi connectivity index (χ0) is 24.7. The third-order valence-electron chi connectivity index (χ3n) is 7.43. The number of aromatic nitrogens is 1. The van der Waals surface area contributed by atoms with E-state index in [1.54, 1.807) is 13.1 Å². The lowest BCUT2D eigenvalue weighted by molar-refractivity contribution is -0.750. The Labute approximate surface area is 210 Å². The van der Waals surface area contributed by atoms with Gasteiger partial charge in [-0.2, -0.15) is 10.8 Å². The molecule has 0 bridgehead atoms. The Kier molecular flexibility index (Phi) is 5.59. The number of carbonyl (C=O) groups is 1. The van der Waals surface area contributed by atoms with Crippen LogP contribution in [0.4, 0.5) is 0 Å². The van der Waals surface area contributed by atoms with Gasteiger partial charge in [0.25, 0.3) is 5.84 Å². The average Bonchev–Trinajstić information content (AvgIpc) is 3.20. The molecule has 0 aliphatic carbocycles. The number of likely N-dealkylation sites (tertiary alicyclic amines) is 1. The summed E-state index contributed by atoms with van der Waals surface area (Å²) in [4.78, 5) is 28.1. The number of rotatable bonds is 4. The summed E-state index contributed by atoms with van der Waals surface area (Å²) in [5.74, 6) is 8.35. The number of amides is 1. The predicted octanol–water partition coefficient (Wildman–Crippen LogP) is 4.77. The van der Waals surface area contributed by atoms with Gasteiger partial charge in [-0.1, -0.05) is 42.5 Å².